The molecule has 0 radical (unpaired) electrons. The molecule has 6 nitrogen and oxygen atoms in total. The predicted octanol–water partition coefficient (Wildman–Crippen LogP) is -0.470. The van der Waals surface area contributed by atoms with Gasteiger partial charge < -0.3 is 19.5 Å². The van der Waals surface area contributed by atoms with Gasteiger partial charge in [0.25, 0.3) is 0 Å². The van der Waals surface area contributed by atoms with Crippen LogP contribution in [0.25, 0.3) is 0 Å². The molecule has 1 amide bonds. The average Bonchev–Trinajstić information content (AvgIpc) is 2.15. The monoisotopic (exact) mass is 191 g/mol. The first-order valence-corrected chi connectivity index (χ1v) is 3.57. The summed E-state index contributed by atoms with van der Waals surface area (Å²) in [4.78, 5) is 21.7. The van der Waals surface area contributed by atoms with Crippen LogP contribution in [0.3, 0.4) is 0 Å². The zero-order chi connectivity index (χ0) is 10.3. The topological polar surface area (TPSA) is 73.9 Å². The van der Waals surface area contributed by atoms with Crippen molar-refractivity contribution in [3.05, 3.63) is 0 Å². The number of alkyl carbamates (subject to hydrolysis) is 1. The number of hydrogen-bond acceptors (Lipinski definition) is 5. The van der Waals surface area contributed by atoms with E-state index in [2.05, 4.69) is 14.8 Å². The van der Waals surface area contributed by atoms with Gasteiger partial charge in [-0.15, -0.1) is 0 Å². The molecular weight excluding hydrogens is 178 g/mol. The number of ether oxygens (including phenoxy) is 3. The summed E-state index contributed by atoms with van der Waals surface area (Å²) in [5.41, 5.74) is 0. The second-order valence-corrected chi connectivity index (χ2v) is 2.17. The molecule has 76 valence electrons. The maximum atomic E-state index is 11.0. The molecule has 13 heavy (non-hydrogen) atoms. The minimum Gasteiger partial charge on any atom is -0.467 e. The van der Waals surface area contributed by atoms with Crippen LogP contribution in [0.5, 0.6) is 0 Å². The van der Waals surface area contributed by atoms with E-state index in [1.807, 2.05) is 0 Å². The fourth-order valence-electron chi connectivity index (χ4n) is 0.679. The first-order valence-electron chi connectivity index (χ1n) is 3.57. The van der Waals surface area contributed by atoms with Gasteiger partial charge in [-0.3, -0.25) is 0 Å². The van der Waals surface area contributed by atoms with Gasteiger partial charge in [0.2, 0.25) is 0 Å². The van der Waals surface area contributed by atoms with E-state index in [0.29, 0.717) is 0 Å². The lowest BCUT2D eigenvalue weighted by Crippen LogP contribution is -2.44. The zero-order valence-corrected chi connectivity index (χ0v) is 7.83. The van der Waals surface area contributed by atoms with E-state index in [0.717, 1.165) is 0 Å². The Morgan fingerprint density at radius 3 is 2.23 bits per heavy atom. The third kappa shape index (κ3) is 4.32. The van der Waals surface area contributed by atoms with Crippen LogP contribution in [-0.2, 0) is 19.0 Å². The van der Waals surface area contributed by atoms with Crippen LogP contribution in [0, 0.1) is 0 Å². The highest BCUT2D eigenvalue weighted by molar-refractivity contribution is 5.81. The number of amides is 1. The van der Waals surface area contributed by atoms with Crippen molar-refractivity contribution in [2.24, 2.45) is 0 Å². The molecule has 0 unspecified atom stereocenters. The van der Waals surface area contributed by atoms with Gasteiger partial charge in [-0.1, -0.05) is 0 Å². The maximum Gasteiger partial charge on any atom is 0.407 e. The second-order valence-electron chi connectivity index (χ2n) is 2.17. The summed E-state index contributed by atoms with van der Waals surface area (Å²) in [7, 11) is 3.84. The van der Waals surface area contributed by atoms with Crippen molar-refractivity contribution in [3.8, 4) is 0 Å². The Labute approximate surface area is 76.1 Å². The van der Waals surface area contributed by atoms with Crippen molar-refractivity contribution in [2.45, 2.75) is 6.04 Å². The van der Waals surface area contributed by atoms with Crippen molar-refractivity contribution in [3.63, 3.8) is 0 Å². The van der Waals surface area contributed by atoms with Crippen LogP contribution in [0.4, 0.5) is 4.79 Å². The third-order valence-corrected chi connectivity index (χ3v) is 1.30. The molecule has 0 aliphatic rings. The van der Waals surface area contributed by atoms with Gasteiger partial charge in [0.05, 0.1) is 20.8 Å². The molecule has 0 aliphatic carbocycles. The van der Waals surface area contributed by atoms with Gasteiger partial charge in [0.1, 0.15) is 0 Å². The molecular formula is C7H13NO5. The van der Waals surface area contributed by atoms with Crippen molar-refractivity contribution in [1.82, 2.24) is 5.32 Å². The fourth-order valence-corrected chi connectivity index (χ4v) is 0.679. The van der Waals surface area contributed by atoms with E-state index >= 15 is 0 Å². The lowest BCUT2D eigenvalue weighted by Gasteiger charge is -2.13. The first kappa shape index (κ1) is 11.7. The molecule has 1 N–H and O–H groups in total. The third-order valence-electron chi connectivity index (χ3n) is 1.30. The Kier molecular flexibility index (Phi) is 5.62. The lowest BCUT2D eigenvalue weighted by atomic mass is 10.3. The molecule has 0 heterocycles. The molecule has 0 saturated carbocycles. The highest BCUT2D eigenvalue weighted by Crippen LogP contribution is 1.90. The highest BCUT2D eigenvalue weighted by Gasteiger charge is 2.21. The maximum absolute atomic E-state index is 11.0. The SMILES string of the molecule is COC[C@@H](NC(=O)OC)C(=O)OC. The number of hydrogen-bond donors (Lipinski definition) is 1. The minimum atomic E-state index is -0.831. The number of rotatable bonds is 4. The van der Waals surface area contributed by atoms with Gasteiger partial charge in [-0.05, 0) is 0 Å². The molecule has 0 aromatic rings. The second kappa shape index (κ2) is 6.24. The Morgan fingerprint density at radius 1 is 1.23 bits per heavy atom. The van der Waals surface area contributed by atoms with E-state index < -0.39 is 18.1 Å². The number of carbonyl (C=O) groups is 2. The molecule has 1 atom stereocenters. The summed E-state index contributed by atoms with van der Waals surface area (Å²) in [6.07, 6.45) is -0.701. The molecule has 0 aromatic heterocycles. The summed E-state index contributed by atoms with van der Waals surface area (Å²) >= 11 is 0. The molecule has 0 fully saturated rings. The molecule has 0 aromatic carbocycles. The minimum absolute atomic E-state index is 0.0434. The molecule has 0 bridgehead atoms. The molecule has 0 rings (SSSR count). The van der Waals surface area contributed by atoms with E-state index in [1.54, 1.807) is 0 Å². The number of esters is 1. The van der Waals surface area contributed by atoms with E-state index in [1.165, 1.54) is 21.3 Å². The number of carbonyl (C=O) groups excluding carboxylic acids is 2. The quantitative estimate of drug-likeness (QED) is 0.608. The average molecular weight is 191 g/mol. The molecule has 0 saturated heterocycles. The zero-order valence-electron chi connectivity index (χ0n) is 7.83. The van der Waals surface area contributed by atoms with Gasteiger partial charge in [-0.2, -0.15) is 0 Å². The summed E-state index contributed by atoms with van der Waals surface area (Å²) in [6.45, 7) is 0.0434. The Bertz CT molecular complexity index is 182. The lowest BCUT2D eigenvalue weighted by molar-refractivity contribution is -0.144. The van der Waals surface area contributed by atoms with Gasteiger partial charge >= 0.3 is 12.1 Å². The van der Waals surface area contributed by atoms with Crippen molar-refractivity contribution in [2.75, 3.05) is 27.9 Å². The van der Waals surface area contributed by atoms with Gasteiger partial charge in [0.15, 0.2) is 6.04 Å². The Balaban J connectivity index is 4.08. The van der Waals surface area contributed by atoms with Crippen molar-refractivity contribution >= 4 is 12.1 Å². The van der Waals surface area contributed by atoms with Gasteiger partial charge in [-0.25, -0.2) is 9.59 Å². The largest absolute Gasteiger partial charge is 0.467 e. The number of methoxy groups -OCH3 is 3. The normalized spacial score (nSPS) is 11.6. The van der Waals surface area contributed by atoms with Gasteiger partial charge in [0, 0.05) is 7.11 Å². The van der Waals surface area contributed by atoms with Crippen LogP contribution in [0.2, 0.25) is 0 Å². The van der Waals surface area contributed by atoms with Crippen LogP contribution in [0.15, 0.2) is 0 Å². The number of nitrogens with one attached hydrogen (secondary N) is 1. The summed E-state index contributed by atoms with van der Waals surface area (Å²) in [6, 6.07) is -0.831. The van der Waals surface area contributed by atoms with Crippen LogP contribution >= 0.6 is 0 Å². The van der Waals surface area contributed by atoms with E-state index in [9.17, 15) is 9.59 Å². The van der Waals surface area contributed by atoms with Crippen molar-refractivity contribution < 1.29 is 23.8 Å². The smallest absolute Gasteiger partial charge is 0.407 e. The molecule has 0 aliphatic heterocycles. The van der Waals surface area contributed by atoms with Crippen LogP contribution in [0.1, 0.15) is 0 Å². The van der Waals surface area contributed by atoms with E-state index in [4.69, 9.17) is 4.74 Å². The van der Waals surface area contributed by atoms with Crippen molar-refractivity contribution in [1.29, 1.82) is 0 Å². The first-order chi connectivity index (χ1) is 6.15. The summed E-state index contributed by atoms with van der Waals surface area (Å²) < 4.78 is 13.4. The van der Waals surface area contributed by atoms with Crippen LogP contribution in [-0.4, -0.2) is 46.0 Å². The fraction of sp³-hybridized carbons (Fsp3) is 0.714. The van der Waals surface area contributed by atoms with Crippen LogP contribution < -0.4 is 5.32 Å². The summed E-state index contributed by atoms with van der Waals surface area (Å²) in [5, 5.41) is 2.26. The van der Waals surface area contributed by atoms with E-state index in [-0.39, 0.29) is 6.61 Å². The summed E-state index contributed by atoms with van der Waals surface area (Å²) in [5.74, 6) is -0.577. The highest BCUT2D eigenvalue weighted by atomic mass is 16.5. The standard InChI is InChI=1S/C7H13NO5/c1-11-4-5(6(9)12-2)8-7(10)13-3/h5H,4H2,1-3H3,(H,8,10)/t5-/m1/s1. The Morgan fingerprint density at radius 2 is 1.85 bits per heavy atom. The predicted molar refractivity (Wildman–Crippen MR) is 43.2 cm³/mol. The Hall–Kier alpha value is -1.30. The molecule has 0 spiro atoms. The molecule has 6 heteroatoms.